The van der Waals surface area contributed by atoms with Crippen molar-refractivity contribution in [2.24, 2.45) is 0 Å². The first kappa shape index (κ1) is 7.50. The Hall–Kier alpha value is -0.900. The van der Waals surface area contributed by atoms with Gasteiger partial charge in [-0.3, -0.25) is 9.59 Å². The quantitative estimate of drug-likeness (QED) is 0.396. The summed E-state index contributed by atoms with van der Waals surface area (Å²) in [5.74, 6) is -0.207. The highest BCUT2D eigenvalue weighted by molar-refractivity contribution is 5.94. The lowest BCUT2D eigenvalue weighted by Gasteiger charge is -2.26. The molecular formula is C9H10O4. The SMILES string of the molecule is O=C1CC[C@@]2(O1)C(=O)CC[C@H]1O[C@H]12. The molecule has 3 atom stereocenters. The molecule has 0 amide bonds. The third kappa shape index (κ3) is 0.839. The van der Waals surface area contributed by atoms with Crippen molar-refractivity contribution >= 4 is 11.8 Å². The van der Waals surface area contributed by atoms with Crippen LogP contribution in [-0.2, 0) is 19.1 Å². The van der Waals surface area contributed by atoms with E-state index in [1.54, 1.807) is 0 Å². The first-order valence-electron chi connectivity index (χ1n) is 4.63. The molecule has 0 N–H and O–H groups in total. The third-order valence-electron chi connectivity index (χ3n) is 3.17. The van der Waals surface area contributed by atoms with E-state index < -0.39 is 5.60 Å². The predicted octanol–water partition coefficient (Wildman–Crippen LogP) is 0.192. The van der Waals surface area contributed by atoms with Crippen LogP contribution in [0.25, 0.3) is 0 Å². The van der Waals surface area contributed by atoms with Crippen molar-refractivity contribution < 1.29 is 19.1 Å². The molecule has 1 saturated carbocycles. The molecule has 1 aliphatic carbocycles. The number of Topliss-reactive ketones (excluding diaryl/α,β-unsaturated/α-hetero) is 1. The van der Waals surface area contributed by atoms with Crippen molar-refractivity contribution in [3.05, 3.63) is 0 Å². The fourth-order valence-corrected chi connectivity index (χ4v) is 2.41. The zero-order valence-electron chi connectivity index (χ0n) is 7.12. The molecule has 4 nitrogen and oxygen atoms in total. The Morgan fingerprint density at radius 3 is 2.85 bits per heavy atom. The van der Waals surface area contributed by atoms with Gasteiger partial charge in [0.2, 0.25) is 0 Å². The number of hydrogen-bond donors (Lipinski definition) is 0. The lowest BCUT2D eigenvalue weighted by molar-refractivity contribution is -0.160. The Balaban J connectivity index is 1.95. The maximum Gasteiger partial charge on any atom is 0.307 e. The first-order chi connectivity index (χ1) is 6.22. The Morgan fingerprint density at radius 2 is 2.15 bits per heavy atom. The van der Waals surface area contributed by atoms with E-state index in [-0.39, 0.29) is 24.0 Å². The molecule has 0 unspecified atom stereocenters. The molecule has 3 aliphatic rings. The number of carbonyl (C=O) groups excluding carboxylic acids is 2. The minimum atomic E-state index is -0.875. The van der Waals surface area contributed by atoms with Crippen LogP contribution in [0.3, 0.4) is 0 Å². The number of hydrogen-bond acceptors (Lipinski definition) is 4. The fourth-order valence-electron chi connectivity index (χ4n) is 2.41. The van der Waals surface area contributed by atoms with Crippen LogP contribution in [0.1, 0.15) is 25.7 Å². The molecule has 0 aromatic heterocycles. The smallest absolute Gasteiger partial charge is 0.307 e. The van der Waals surface area contributed by atoms with Crippen LogP contribution in [0.5, 0.6) is 0 Å². The number of carbonyl (C=O) groups is 2. The van der Waals surface area contributed by atoms with Gasteiger partial charge < -0.3 is 9.47 Å². The van der Waals surface area contributed by atoms with Crippen LogP contribution < -0.4 is 0 Å². The van der Waals surface area contributed by atoms with E-state index >= 15 is 0 Å². The van der Waals surface area contributed by atoms with Crippen LogP contribution in [-0.4, -0.2) is 29.6 Å². The highest BCUT2D eigenvalue weighted by Crippen LogP contribution is 2.48. The van der Waals surface area contributed by atoms with Gasteiger partial charge in [0.05, 0.1) is 6.10 Å². The van der Waals surface area contributed by atoms with Crippen molar-refractivity contribution in [1.82, 2.24) is 0 Å². The zero-order chi connectivity index (χ0) is 9.05. The van der Waals surface area contributed by atoms with Crippen LogP contribution in [0.2, 0.25) is 0 Å². The molecule has 4 heteroatoms. The van der Waals surface area contributed by atoms with Gasteiger partial charge in [-0.25, -0.2) is 0 Å². The second-order valence-corrected chi connectivity index (χ2v) is 3.92. The largest absolute Gasteiger partial charge is 0.448 e. The molecule has 3 rings (SSSR count). The monoisotopic (exact) mass is 182 g/mol. The van der Waals surface area contributed by atoms with Crippen LogP contribution in [0.15, 0.2) is 0 Å². The highest BCUT2D eigenvalue weighted by Gasteiger charge is 2.65. The highest BCUT2D eigenvalue weighted by atomic mass is 16.6. The van der Waals surface area contributed by atoms with Gasteiger partial charge in [-0.05, 0) is 6.42 Å². The third-order valence-corrected chi connectivity index (χ3v) is 3.17. The summed E-state index contributed by atoms with van der Waals surface area (Å²) in [5.41, 5.74) is -0.875. The molecule has 1 spiro atoms. The number of ketones is 1. The average molecular weight is 182 g/mol. The molecule has 2 heterocycles. The van der Waals surface area contributed by atoms with E-state index in [9.17, 15) is 9.59 Å². The first-order valence-corrected chi connectivity index (χ1v) is 4.63. The molecule has 0 aromatic carbocycles. The minimum absolute atomic E-state index is 0.0529. The standard InChI is InChI=1S/C9H10O4/c10-6-2-1-5-8(12-5)9(6)4-3-7(11)13-9/h5,8H,1-4H2/t5-,8-,9-/m1/s1. The van der Waals surface area contributed by atoms with E-state index in [1.807, 2.05) is 0 Å². The lowest BCUT2D eigenvalue weighted by atomic mass is 9.81. The summed E-state index contributed by atoms with van der Waals surface area (Å²) in [4.78, 5) is 22.6. The van der Waals surface area contributed by atoms with Gasteiger partial charge in [0.15, 0.2) is 11.4 Å². The van der Waals surface area contributed by atoms with Crippen molar-refractivity contribution in [2.75, 3.05) is 0 Å². The summed E-state index contributed by atoms with van der Waals surface area (Å²) >= 11 is 0. The minimum Gasteiger partial charge on any atom is -0.448 e. The van der Waals surface area contributed by atoms with E-state index in [0.29, 0.717) is 19.3 Å². The van der Waals surface area contributed by atoms with E-state index in [0.717, 1.165) is 6.42 Å². The van der Waals surface area contributed by atoms with Crippen LogP contribution in [0, 0.1) is 0 Å². The Kier molecular flexibility index (Phi) is 1.22. The van der Waals surface area contributed by atoms with E-state index in [2.05, 4.69) is 0 Å². The number of fused-ring (bicyclic) bond motifs is 2. The molecule has 2 saturated heterocycles. The summed E-state index contributed by atoms with van der Waals surface area (Å²) in [6.07, 6.45) is 2.21. The maximum atomic E-state index is 11.6. The predicted molar refractivity (Wildman–Crippen MR) is 41.0 cm³/mol. The van der Waals surface area contributed by atoms with Gasteiger partial charge in [0.1, 0.15) is 6.10 Å². The number of epoxide rings is 1. The molecule has 0 aromatic rings. The summed E-state index contributed by atoms with van der Waals surface area (Å²) in [5, 5.41) is 0. The summed E-state index contributed by atoms with van der Waals surface area (Å²) in [6.45, 7) is 0. The van der Waals surface area contributed by atoms with Crippen molar-refractivity contribution in [3.63, 3.8) is 0 Å². The molecule has 3 fully saturated rings. The summed E-state index contributed by atoms with van der Waals surface area (Å²) in [6, 6.07) is 0. The molecule has 13 heavy (non-hydrogen) atoms. The Labute approximate surface area is 75.2 Å². The molecule has 0 radical (unpaired) electrons. The topological polar surface area (TPSA) is 55.9 Å². The average Bonchev–Trinajstić information content (AvgIpc) is 2.80. The Morgan fingerprint density at radius 1 is 1.31 bits per heavy atom. The second-order valence-electron chi connectivity index (χ2n) is 3.92. The summed E-state index contributed by atoms with van der Waals surface area (Å²) < 4.78 is 10.5. The summed E-state index contributed by atoms with van der Waals surface area (Å²) in [7, 11) is 0. The maximum absolute atomic E-state index is 11.6. The van der Waals surface area contributed by atoms with Gasteiger partial charge in [0.25, 0.3) is 0 Å². The normalized spacial score (nSPS) is 47.7. The van der Waals surface area contributed by atoms with Crippen molar-refractivity contribution in [3.8, 4) is 0 Å². The van der Waals surface area contributed by atoms with E-state index in [1.165, 1.54) is 0 Å². The van der Waals surface area contributed by atoms with E-state index in [4.69, 9.17) is 9.47 Å². The molecule has 70 valence electrons. The molecule has 0 bridgehead atoms. The van der Waals surface area contributed by atoms with Gasteiger partial charge in [-0.15, -0.1) is 0 Å². The molecular weight excluding hydrogens is 172 g/mol. The number of esters is 1. The molecule has 2 aliphatic heterocycles. The van der Waals surface area contributed by atoms with Gasteiger partial charge in [-0.2, -0.15) is 0 Å². The van der Waals surface area contributed by atoms with Gasteiger partial charge >= 0.3 is 5.97 Å². The Bertz CT molecular complexity index is 298. The number of rotatable bonds is 0. The lowest BCUT2D eigenvalue weighted by Crippen LogP contribution is -2.47. The zero-order valence-corrected chi connectivity index (χ0v) is 7.12. The number of ether oxygens (including phenoxy) is 2. The second kappa shape index (κ2) is 2.12. The van der Waals surface area contributed by atoms with Gasteiger partial charge in [-0.1, -0.05) is 0 Å². The van der Waals surface area contributed by atoms with Crippen LogP contribution in [0.4, 0.5) is 0 Å². The van der Waals surface area contributed by atoms with Crippen molar-refractivity contribution in [1.29, 1.82) is 0 Å². The van der Waals surface area contributed by atoms with Crippen molar-refractivity contribution in [2.45, 2.75) is 43.5 Å². The fraction of sp³-hybridized carbons (Fsp3) is 0.778. The van der Waals surface area contributed by atoms with Crippen LogP contribution >= 0.6 is 0 Å². The van der Waals surface area contributed by atoms with Gasteiger partial charge in [0, 0.05) is 19.3 Å².